The Morgan fingerprint density at radius 2 is 2.10 bits per heavy atom. The molecule has 5 heteroatoms. The van der Waals surface area contributed by atoms with Gasteiger partial charge in [-0.2, -0.15) is 4.98 Å². The molecule has 2 aromatic rings. The number of benzene rings is 1. The van der Waals surface area contributed by atoms with Crippen molar-refractivity contribution in [3.63, 3.8) is 0 Å². The van der Waals surface area contributed by atoms with Crippen LogP contribution in [-0.2, 0) is 6.42 Å². The highest BCUT2D eigenvalue weighted by Gasteiger charge is 2.17. The van der Waals surface area contributed by atoms with Crippen molar-refractivity contribution in [1.82, 2.24) is 15.5 Å². The van der Waals surface area contributed by atoms with Crippen molar-refractivity contribution in [2.45, 2.75) is 40.2 Å². The molecule has 0 fully saturated rings. The molecule has 21 heavy (non-hydrogen) atoms. The first kappa shape index (κ1) is 15.6. The second kappa shape index (κ2) is 6.80. The summed E-state index contributed by atoms with van der Waals surface area (Å²) in [5.74, 6) is 1.22. The molecule has 0 aliphatic rings. The van der Waals surface area contributed by atoms with Gasteiger partial charge in [0.15, 0.2) is 0 Å². The Morgan fingerprint density at radius 3 is 2.71 bits per heavy atom. The minimum absolute atomic E-state index is 0.258. The van der Waals surface area contributed by atoms with E-state index in [9.17, 15) is 4.39 Å². The van der Waals surface area contributed by atoms with Gasteiger partial charge in [0.25, 0.3) is 0 Å². The first-order valence-corrected chi connectivity index (χ1v) is 7.33. The number of aromatic nitrogens is 2. The van der Waals surface area contributed by atoms with Crippen molar-refractivity contribution in [3.05, 3.63) is 35.5 Å². The lowest BCUT2D eigenvalue weighted by atomic mass is 10.0. The number of nitrogens with one attached hydrogen (secondary N) is 1. The Hall–Kier alpha value is -1.75. The molecule has 0 radical (unpaired) electrons. The molecule has 4 nitrogen and oxygen atoms in total. The zero-order valence-corrected chi connectivity index (χ0v) is 13.0. The summed E-state index contributed by atoms with van der Waals surface area (Å²) in [6.07, 6.45) is 0.673. The fraction of sp³-hybridized carbons (Fsp3) is 0.500. The number of nitrogens with zero attached hydrogens (tertiary/aromatic N) is 2. The molecule has 0 aliphatic heterocycles. The highest BCUT2D eigenvalue weighted by molar-refractivity contribution is 5.54. The molecular weight excluding hydrogens is 269 g/mol. The van der Waals surface area contributed by atoms with Gasteiger partial charge < -0.3 is 9.84 Å². The Labute approximate surface area is 124 Å². The van der Waals surface area contributed by atoms with E-state index >= 15 is 0 Å². The van der Waals surface area contributed by atoms with Crippen molar-refractivity contribution in [3.8, 4) is 11.4 Å². The summed E-state index contributed by atoms with van der Waals surface area (Å²) in [5.41, 5.74) is 1.24. The van der Waals surface area contributed by atoms with E-state index in [-0.39, 0.29) is 11.9 Å². The molecular formula is C16H22FN3O. The van der Waals surface area contributed by atoms with Crippen molar-refractivity contribution < 1.29 is 8.91 Å². The molecule has 0 saturated carbocycles. The van der Waals surface area contributed by atoms with Gasteiger partial charge in [-0.3, -0.25) is 0 Å². The first-order valence-electron chi connectivity index (χ1n) is 7.33. The van der Waals surface area contributed by atoms with Crippen molar-refractivity contribution >= 4 is 0 Å². The summed E-state index contributed by atoms with van der Waals surface area (Å²) in [4.78, 5) is 4.37. The van der Waals surface area contributed by atoms with Crippen LogP contribution in [0.2, 0.25) is 0 Å². The standard InChI is InChI=1S/C16H22FN3O/c1-5-18-14(10(2)3)9-15-19-16(20-21-15)12-7-6-11(4)13(17)8-12/h6-8,10,14,18H,5,9H2,1-4H3. The zero-order chi connectivity index (χ0) is 15.4. The molecule has 1 heterocycles. The third-order valence-corrected chi connectivity index (χ3v) is 3.56. The number of hydrogen-bond donors (Lipinski definition) is 1. The second-order valence-electron chi connectivity index (χ2n) is 5.59. The van der Waals surface area contributed by atoms with E-state index in [0.717, 1.165) is 6.54 Å². The van der Waals surface area contributed by atoms with E-state index in [2.05, 4.69) is 36.2 Å². The van der Waals surface area contributed by atoms with E-state index < -0.39 is 0 Å². The normalized spacial score (nSPS) is 12.9. The summed E-state index contributed by atoms with van der Waals surface area (Å²) in [7, 11) is 0. The van der Waals surface area contributed by atoms with Crippen LogP contribution in [0.15, 0.2) is 22.7 Å². The van der Waals surface area contributed by atoms with Gasteiger partial charge in [0.05, 0.1) is 0 Å². The molecule has 1 aromatic heterocycles. The number of hydrogen-bond acceptors (Lipinski definition) is 4. The molecule has 114 valence electrons. The van der Waals surface area contributed by atoms with Crippen LogP contribution < -0.4 is 5.32 Å². The molecule has 1 aromatic carbocycles. The van der Waals surface area contributed by atoms with E-state index in [1.165, 1.54) is 6.07 Å². The van der Waals surface area contributed by atoms with E-state index in [0.29, 0.717) is 35.2 Å². The molecule has 1 atom stereocenters. The Bertz CT molecular complexity index is 595. The van der Waals surface area contributed by atoms with Crippen LogP contribution in [0.5, 0.6) is 0 Å². The van der Waals surface area contributed by atoms with Gasteiger partial charge in [-0.15, -0.1) is 0 Å². The van der Waals surface area contributed by atoms with Gasteiger partial charge in [-0.25, -0.2) is 4.39 Å². The van der Waals surface area contributed by atoms with Gasteiger partial charge in [-0.1, -0.05) is 38.1 Å². The summed E-state index contributed by atoms with van der Waals surface area (Å²) in [6.45, 7) is 9.00. The third kappa shape index (κ3) is 3.88. The third-order valence-electron chi connectivity index (χ3n) is 3.56. The van der Waals surface area contributed by atoms with Crippen LogP contribution in [0.4, 0.5) is 4.39 Å². The SMILES string of the molecule is CCNC(Cc1nc(-c2ccc(C)c(F)c2)no1)C(C)C. The maximum absolute atomic E-state index is 13.6. The van der Waals surface area contributed by atoms with Crippen LogP contribution in [-0.4, -0.2) is 22.7 Å². The topological polar surface area (TPSA) is 51.0 Å². The maximum Gasteiger partial charge on any atom is 0.228 e. The molecule has 0 saturated heterocycles. The minimum atomic E-state index is -0.258. The fourth-order valence-electron chi connectivity index (χ4n) is 2.18. The molecule has 0 bridgehead atoms. The lowest BCUT2D eigenvalue weighted by molar-refractivity contribution is 0.329. The summed E-state index contributed by atoms with van der Waals surface area (Å²) in [6, 6.07) is 5.25. The van der Waals surface area contributed by atoms with Crippen LogP contribution in [0, 0.1) is 18.7 Å². The van der Waals surface area contributed by atoms with Gasteiger partial charge in [0, 0.05) is 18.0 Å². The lowest BCUT2D eigenvalue weighted by Crippen LogP contribution is -2.35. The largest absolute Gasteiger partial charge is 0.339 e. The smallest absolute Gasteiger partial charge is 0.228 e. The second-order valence-corrected chi connectivity index (χ2v) is 5.59. The highest BCUT2D eigenvalue weighted by Crippen LogP contribution is 2.20. The Kier molecular flexibility index (Phi) is 5.07. The number of likely N-dealkylation sites (N-methyl/N-ethyl adjacent to an activating group) is 1. The predicted octanol–water partition coefficient (Wildman–Crippen LogP) is 3.36. The highest BCUT2D eigenvalue weighted by atomic mass is 19.1. The van der Waals surface area contributed by atoms with Crippen LogP contribution in [0.25, 0.3) is 11.4 Å². The predicted molar refractivity (Wildman–Crippen MR) is 80.4 cm³/mol. The summed E-state index contributed by atoms with van der Waals surface area (Å²) >= 11 is 0. The number of aryl methyl sites for hydroxylation is 1. The van der Waals surface area contributed by atoms with E-state index in [4.69, 9.17) is 4.52 Å². The van der Waals surface area contributed by atoms with Gasteiger partial charge in [-0.05, 0) is 31.0 Å². The molecule has 0 spiro atoms. The van der Waals surface area contributed by atoms with Gasteiger partial charge in [0.2, 0.25) is 11.7 Å². The van der Waals surface area contributed by atoms with Crippen LogP contribution in [0.1, 0.15) is 32.2 Å². The van der Waals surface area contributed by atoms with E-state index in [1.807, 2.05) is 0 Å². The average molecular weight is 291 g/mol. The Morgan fingerprint density at radius 1 is 1.33 bits per heavy atom. The van der Waals surface area contributed by atoms with E-state index in [1.54, 1.807) is 19.1 Å². The van der Waals surface area contributed by atoms with Crippen molar-refractivity contribution in [2.24, 2.45) is 5.92 Å². The molecule has 1 unspecified atom stereocenters. The number of rotatable bonds is 6. The molecule has 0 amide bonds. The van der Waals surface area contributed by atoms with Gasteiger partial charge >= 0.3 is 0 Å². The van der Waals surface area contributed by atoms with Crippen molar-refractivity contribution in [1.29, 1.82) is 0 Å². The molecule has 1 N–H and O–H groups in total. The number of halogens is 1. The molecule has 2 rings (SSSR count). The quantitative estimate of drug-likeness (QED) is 0.886. The fourth-order valence-corrected chi connectivity index (χ4v) is 2.18. The maximum atomic E-state index is 13.6. The average Bonchev–Trinajstić information content (AvgIpc) is 2.90. The monoisotopic (exact) mass is 291 g/mol. The van der Waals surface area contributed by atoms with Gasteiger partial charge in [0.1, 0.15) is 5.82 Å². The Balaban J connectivity index is 2.15. The molecule has 0 aliphatic carbocycles. The summed E-state index contributed by atoms with van der Waals surface area (Å²) < 4.78 is 18.9. The first-order chi connectivity index (χ1) is 10.0. The van der Waals surface area contributed by atoms with Crippen LogP contribution >= 0.6 is 0 Å². The summed E-state index contributed by atoms with van der Waals surface area (Å²) in [5, 5.41) is 7.36. The zero-order valence-electron chi connectivity index (χ0n) is 13.0. The van der Waals surface area contributed by atoms with Crippen LogP contribution in [0.3, 0.4) is 0 Å². The van der Waals surface area contributed by atoms with Crippen molar-refractivity contribution in [2.75, 3.05) is 6.54 Å². The lowest BCUT2D eigenvalue weighted by Gasteiger charge is -2.19. The minimum Gasteiger partial charge on any atom is -0.339 e.